The van der Waals surface area contributed by atoms with Crippen LogP contribution < -0.4 is 0 Å². The van der Waals surface area contributed by atoms with Gasteiger partial charge in [-0.15, -0.1) is 0 Å². The van der Waals surface area contributed by atoms with Gasteiger partial charge in [-0.25, -0.2) is 4.98 Å². The van der Waals surface area contributed by atoms with Crippen LogP contribution in [-0.4, -0.2) is 34.1 Å². The number of nitrogens with zero attached hydrogens (tertiary/aromatic N) is 3. The van der Waals surface area contributed by atoms with Crippen LogP contribution in [0.25, 0.3) is 16.9 Å². The van der Waals surface area contributed by atoms with Crippen LogP contribution in [0.1, 0.15) is 30.5 Å². The van der Waals surface area contributed by atoms with Crippen molar-refractivity contribution in [1.29, 1.82) is 0 Å². The van der Waals surface area contributed by atoms with Crippen molar-refractivity contribution in [3.8, 4) is 11.3 Å². The van der Waals surface area contributed by atoms with Crippen molar-refractivity contribution in [3.63, 3.8) is 0 Å². The number of pyridine rings is 1. The molecule has 2 heterocycles. The first-order valence-electron chi connectivity index (χ1n) is 12.0. The SMILES string of the molecule is [2H]C(C(=O)N(C([2H])([2H])[2H])C([2H])([2H])[2H])c1c(-c2ccc(C([2H])([2H])[2H])cc2)nc2ccc(C)cn12. The molecule has 0 saturated heterocycles. The van der Waals surface area contributed by atoms with Gasteiger partial charge in [-0.1, -0.05) is 35.9 Å². The summed E-state index contributed by atoms with van der Waals surface area (Å²) in [5.41, 5.74) is 1.69. The van der Waals surface area contributed by atoms with Gasteiger partial charge in [-0.2, -0.15) is 0 Å². The van der Waals surface area contributed by atoms with Gasteiger partial charge >= 0.3 is 0 Å². The van der Waals surface area contributed by atoms with Crippen LogP contribution in [0.5, 0.6) is 0 Å². The molecule has 1 unspecified atom stereocenters. The number of hydrogen-bond acceptors (Lipinski definition) is 2. The van der Waals surface area contributed by atoms with E-state index < -0.39 is 33.1 Å². The van der Waals surface area contributed by atoms with Gasteiger partial charge in [0.25, 0.3) is 0 Å². The molecular weight excluding hydrogens is 286 g/mol. The molecule has 4 nitrogen and oxygen atoms in total. The molecule has 3 rings (SSSR count). The average Bonchev–Trinajstić information content (AvgIpc) is 3.03. The molecular formula is C19H21N3O. The lowest BCUT2D eigenvalue weighted by atomic mass is 10.1. The number of likely N-dealkylation sites (N-methyl/N-ethyl adjacent to an activating group) is 1. The second-order valence-corrected chi connectivity index (χ2v) is 5.18. The fourth-order valence-electron chi connectivity index (χ4n) is 2.33. The van der Waals surface area contributed by atoms with E-state index in [9.17, 15) is 4.79 Å². The summed E-state index contributed by atoms with van der Waals surface area (Å²) in [5.74, 6) is -1.43. The number of aryl methyl sites for hydroxylation is 2. The van der Waals surface area contributed by atoms with E-state index in [-0.39, 0.29) is 21.9 Å². The summed E-state index contributed by atoms with van der Waals surface area (Å²) in [6.45, 7) is -7.14. The minimum atomic E-state index is -3.29. The smallest absolute Gasteiger partial charge is 0.228 e. The second-order valence-electron chi connectivity index (χ2n) is 5.18. The zero-order chi connectivity index (χ0) is 24.9. The molecule has 0 fully saturated rings. The summed E-state index contributed by atoms with van der Waals surface area (Å²) in [6, 6.07) is 9.09. The van der Waals surface area contributed by atoms with Gasteiger partial charge < -0.3 is 9.30 Å². The summed E-state index contributed by atoms with van der Waals surface area (Å²) in [5, 5.41) is 0. The highest BCUT2D eigenvalue weighted by atomic mass is 16.2. The Bertz CT molecular complexity index is 1160. The zero-order valence-electron chi connectivity index (χ0n) is 22.4. The minimum absolute atomic E-state index is 0.0289. The molecule has 0 radical (unpaired) electrons. The highest BCUT2D eigenvalue weighted by Crippen LogP contribution is 2.26. The van der Waals surface area contributed by atoms with Gasteiger partial charge in [-0.3, -0.25) is 4.79 Å². The van der Waals surface area contributed by atoms with Gasteiger partial charge in [0, 0.05) is 39.4 Å². The first kappa shape index (κ1) is 7.30. The van der Waals surface area contributed by atoms with E-state index >= 15 is 0 Å². The van der Waals surface area contributed by atoms with Crippen LogP contribution in [0.2, 0.25) is 0 Å². The molecule has 0 bridgehead atoms. The first-order valence-corrected chi connectivity index (χ1v) is 6.88. The Kier molecular flexibility index (Phi) is 1.87. The number of imidazole rings is 1. The summed E-state index contributed by atoms with van der Waals surface area (Å²) < 4.78 is 77.6. The van der Waals surface area contributed by atoms with Crippen LogP contribution in [0.15, 0.2) is 42.6 Å². The minimum Gasteiger partial charge on any atom is -0.348 e. The molecule has 0 aliphatic rings. The van der Waals surface area contributed by atoms with Crippen molar-refractivity contribution in [2.24, 2.45) is 0 Å². The van der Waals surface area contributed by atoms with E-state index in [0.717, 1.165) is 5.56 Å². The average molecular weight is 317 g/mol. The number of carbonyl (C=O) groups excluding carboxylic acids is 1. The third-order valence-corrected chi connectivity index (χ3v) is 3.44. The van der Waals surface area contributed by atoms with Crippen LogP contribution in [0, 0.1) is 13.8 Å². The maximum Gasteiger partial charge on any atom is 0.228 e. The Morgan fingerprint density at radius 3 is 2.65 bits per heavy atom. The van der Waals surface area contributed by atoms with Crippen LogP contribution in [0.3, 0.4) is 0 Å². The number of amides is 1. The highest BCUT2D eigenvalue weighted by Gasteiger charge is 2.18. The summed E-state index contributed by atoms with van der Waals surface area (Å²) in [4.78, 5) is 17.2. The molecule has 0 spiro atoms. The molecule has 3 aromatic rings. The summed E-state index contributed by atoms with van der Waals surface area (Å²) >= 11 is 0. The largest absolute Gasteiger partial charge is 0.348 e. The second kappa shape index (κ2) is 5.88. The molecule has 23 heavy (non-hydrogen) atoms. The number of rotatable bonds is 3. The normalized spacial score (nSPS) is 20.4. The third-order valence-electron chi connectivity index (χ3n) is 3.44. The van der Waals surface area contributed by atoms with Crippen molar-refractivity contribution >= 4 is 11.6 Å². The Morgan fingerprint density at radius 2 is 1.96 bits per heavy atom. The van der Waals surface area contributed by atoms with E-state index in [0.29, 0.717) is 11.2 Å². The standard InChI is InChI=1S/C19H21N3O/c1-13-5-8-15(9-6-13)19-16(11-18(23)21(3)4)22-12-14(2)7-10-17(22)20-19/h5-10,12H,11H2,1-4H3/i1D3,3D3,4D3,11D. The predicted octanol–water partition coefficient (Wildman–Crippen LogP) is 3.25. The molecule has 1 atom stereocenters. The fraction of sp³-hybridized carbons (Fsp3) is 0.263. The molecule has 1 amide bonds. The molecule has 0 N–H and O–H groups in total. The van der Waals surface area contributed by atoms with Crippen LogP contribution >= 0.6 is 0 Å². The van der Waals surface area contributed by atoms with E-state index in [1.807, 2.05) is 0 Å². The van der Waals surface area contributed by atoms with E-state index in [1.54, 1.807) is 25.3 Å². The number of fused-ring (bicyclic) bond motifs is 1. The molecule has 0 saturated carbocycles. The van der Waals surface area contributed by atoms with Crippen molar-refractivity contribution in [2.45, 2.75) is 20.2 Å². The van der Waals surface area contributed by atoms with Gasteiger partial charge in [0.2, 0.25) is 5.91 Å². The lowest BCUT2D eigenvalue weighted by Gasteiger charge is -2.11. The van der Waals surface area contributed by atoms with Crippen LogP contribution in [-0.2, 0) is 11.2 Å². The van der Waals surface area contributed by atoms with Crippen molar-refractivity contribution < 1.29 is 18.5 Å². The Labute approximate surface area is 150 Å². The number of benzene rings is 1. The topological polar surface area (TPSA) is 37.6 Å². The fourth-order valence-corrected chi connectivity index (χ4v) is 2.33. The van der Waals surface area contributed by atoms with Gasteiger partial charge in [0.1, 0.15) is 5.65 Å². The maximum atomic E-state index is 13.0. The third kappa shape index (κ3) is 2.97. The zero-order valence-corrected chi connectivity index (χ0v) is 12.4. The molecule has 0 aliphatic heterocycles. The Morgan fingerprint density at radius 1 is 1.22 bits per heavy atom. The number of carbonyl (C=O) groups is 1. The summed E-state index contributed by atoms with van der Waals surface area (Å²) in [6.07, 6.45) is -0.332. The summed E-state index contributed by atoms with van der Waals surface area (Å²) in [7, 11) is 0. The van der Waals surface area contributed by atoms with Gasteiger partial charge in [0.15, 0.2) is 0 Å². The Hall–Kier alpha value is -2.62. The van der Waals surface area contributed by atoms with Crippen LogP contribution in [0.4, 0.5) is 0 Å². The number of hydrogen-bond donors (Lipinski definition) is 0. The molecule has 1 aromatic carbocycles. The molecule has 118 valence electrons. The van der Waals surface area contributed by atoms with E-state index in [4.69, 9.17) is 13.7 Å². The van der Waals surface area contributed by atoms with Crippen molar-refractivity contribution in [2.75, 3.05) is 14.0 Å². The number of aromatic nitrogens is 2. The monoisotopic (exact) mass is 317 g/mol. The quantitative estimate of drug-likeness (QED) is 0.743. The van der Waals surface area contributed by atoms with Crippen molar-refractivity contribution in [1.82, 2.24) is 14.3 Å². The van der Waals surface area contributed by atoms with Gasteiger partial charge in [0.05, 0.1) is 17.8 Å². The lowest BCUT2D eigenvalue weighted by Crippen LogP contribution is -2.24. The predicted molar refractivity (Wildman–Crippen MR) is 92.5 cm³/mol. The lowest BCUT2D eigenvalue weighted by molar-refractivity contribution is -0.128. The first-order chi connectivity index (χ1) is 15.0. The maximum absolute atomic E-state index is 13.0. The molecule has 2 aromatic heterocycles. The highest BCUT2D eigenvalue weighted by molar-refractivity contribution is 5.81. The Balaban J connectivity index is 2.21. The van der Waals surface area contributed by atoms with E-state index in [1.165, 1.54) is 28.7 Å². The molecule has 0 aliphatic carbocycles. The molecule has 4 heteroatoms. The van der Waals surface area contributed by atoms with Crippen molar-refractivity contribution in [3.05, 3.63) is 59.4 Å². The van der Waals surface area contributed by atoms with E-state index in [2.05, 4.69) is 4.98 Å². The van der Waals surface area contributed by atoms with Gasteiger partial charge in [-0.05, 0) is 25.4 Å².